The largest absolute Gasteiger partial charge is 0.378 e. The normalized spacial score (nSPS) is 20.7. The number of rotatable bonds is 7. The number of hydrogen-bond acceptors (Lipinski definition) is 3. The van der Waals surface area contributed by atoms with Gasteiger partial charge in [-0.2, -0.15) is 0 Å². The predicted octanol–water partition coefficient (Wildman–Crippen LogP) is 0.799. The van der Waals surface area contributed by atoms with Gasteiger partial charge in [0.1, 0.15) is 0 Å². The van der Waals surface area contributed by atoms with Crippen molar-refractivity contribution in [1.82, 2.24) is 5.32 Å². The molecule has 0 aromatic carbocycles. The van der Waals surface area contributed by atoms with E-state index in [0.29, 0.717) is 6.10 Å². The van der Waals surface area contributed by atoms with Crippen molar-refractivity contribution in [3.05, 3.63) is 0 Å². The fourth-order valence-electron chi connectivity index (χ4n) is 1.58. The highest BCUT2D eigenvalue weighted by Gasteiger charge is 2.28. The maximum Gasteiger partial charge on any atom is 0.237 e. The van der Waals surface area contributed by atoms with Gasteiger partial charge >= 0.3 is 0 Å². The van der Waals surface area contributed by atoms with Crippen molar-refractivity contribution >= 4 is 5.91 Å². The van der Waals surface area contributed by atoms with Gasteiger partial charge in [0.05, 0.1) is 11.6 Å². The molecule has 0 radical (unpaired) electrons. The van der Waals surface area contributed by atoms with Crippen LogP contribution in [0.25, 0.3) is 0 Å². The van der Waals surface area contributed by atoms with Gasteiger partial charge in [-0.1, -0.05) is 0 Å². The molecule has 1 amide bonds. The topological polar surface area (TPSA) is 64.3 Å². The van der Waals surface area contributed by atoms with Crippen molar-refractivity contribution in [3.63, 3.8) is 0 Å². The minimum absolute atomic E-state index is 0.298. The first-order valence-electron chi connectivity index (χ1n) is 5.69. The van der Waals surface area contributed by atoms with Gasteiger partial charge in [0.15, 0.2) is 0 Å². The van der Waals surface area contributed by atoms with E-state index in [2.05, 4.69) is 5.32 Å². The monoisotopic (exact) mass is 214 g/mol. The quantitative estimate of drug-likeness (QED) is 0.616. The van der Waals surface area contributed by atoms with Crippen LogP contribution < -0.4 is 11.1 Å². The molecule has 3 N–H and O–H groups in total. The summed E-state index contributed by atoms with van der Waals surface area (Å²) in [6, 6.07) is 0. The number of carbonyl (C=O) groups is 1. The van der Waals surface area contributed by atoms with Gasteiger partial charge in [0.25, 0.3) is 0 Å². The summed E-state index contributed by atoms with van der Waals surface area (Å²) in [6.07, 6.45) is 5.75. The standard InChI is InChI=1S/C11H22N2O2/c1-11(13-2,10(12)14)7-4-8-15-9-5-3-6-9/h9,13H,3-8H2,1-2H3,(H2,12,14). The summed E-state index contributed by atoms with van der Waals surface area (Å²) in [5.74, 6) is -0.298. The second-order valence-corrected chi connectivity index (χ2v) is 4.47. The fourth-order valence-corrected chi connectivity index (χ4v) is 1.58. The molecule has 88 valence electrons. The number of ether oxygens (including phenoxy) is 1. The molecule has 4 nitrogen and oxygen atoms in total. The van der Waals surface area contributed by atoms with Crippen molar-refractivity contribution in [2.45, 2.75) is 50.7 Å². The third-order valence-electron chi connectivity index (χ3n) is 3.32. The first-order valence-corrected chi connectivity index (χ1v) is 5.69. The molecule has 1 aliphatic rings. The van der Waals surface area contributed by atoms with Crippen molar-refractivity contribution < 1.29 is 9.53 Å². The molecule has 1 unspecified atom stereocenters. The van der Waals surface area contributed by atoms with E-state index < -0.39 is 5.54 Å². The van der Waals surface area contributed by atoms with E-state index in [-0.39, 0.29) is 5.91 Å². The average molecular weight is 214 g/mol. The van der Waals surface area contributed by atoms with Gasteiger partial charge in [0, 0.05) is 6.61 Å². The Morgan fingerprint density at radius 1 is 1.60 bits per heavy atom. The molecule has 1 rings (SSSR count). The van der Waals surface area contributed by atoms with Gasteiger partial charge in [0.2, 0.25) is 5.91 Å². The second-order valence-electron chi connectivity index (χ2n) is 4.47. The number of nitrogens with one attached hydrogen (secondary N) is 1. The molecule has 0 aromatic heterocycles. The minimum Gasteiger partial charge on any atom is -0.378 e. The van der Waals surface area contributed by atoms with Crippen LogP contribution >= 0.6 is 0 Å². The molecule has 0 saturated heterocycles. The average Bonchev–Trinajstić information content (AvgIpc) is 2.14. The molecule has 0 aliphatic heterocycles. The Morgan fingerprint density at radius 3 is 2.67 bits per heavy atom. The van der Waals surface area contributed by atoms with Crippen molar-refractivity contribution in [3.8, 4) is 0 Å². The third kappa shape index (κ3) is 3.47. The molecular weight excluding hydrogens is 192 g/mol. The van der Waals surface area contributed by atoms with E-state index in [4.69, 9.17) is 10.5 Å². The summed E-state index contributed by atoms with van der Waals surface area (Å²) < 4.78 is 5.62. The zero-order chi connectivity index (χ0) is 11.3. The van der Waals surface area contributed by atoms with Crippen molar-refractivity contribution in [2.75, 3.05) is 13.7 Å². The molecule has 1 saturated carbocycles. The van der Waals surface area contributed by atoms with Crippen LogP contribution in [0.3, 0.4) is 0 Å². The molecule has 1 fully saturated rings. The molecule has 15 heavy (non-hydrogen) atoms. The lowest BCUT2D eigenvalue weighted by atomic mass is 9.94. The number of nitrogens with two attached hydrogens (primary N) is 1. The van der Waals surface area contributed by atoms with E-state index in [0.717, 1.165) is 19.4 Å². The van der Waals surface area contributed by atoms with Gasteiger partial charge < -0.3 is 15.8 Å². The molecule has 1 atom stereocenters. The fraction of sp³-hybridized carbons (Fsp3) is 0.909. The highest BCUT2D eigenvalue weighted by Crippen LogP contribution is 2.22. The summed E-state index contributed by atoms with van der Waals surface area (Å²) >= 11 is 0. The molecule has 0 spiro atoms. The van der Waals surface area contributed by atoms with Crippen LogP contribution in [0.1, 0.15) is 39.0 Å². The summed E-state index contributed by atoms with van der Waals surface area (Å²) in [5, 5.41) is 2.96. The summed E-state index contributed by atoms with van der Waals surface area (Å²) in [4.78, 5) is 11.2. The molecule has 0 bridgehead atoms. The van der Waals surface area contributed by atoms with Crippen molar-refractivity contribution in [2.24, 2.45) is 5.73 Å². The lowest BCUT2D eigenvalue weighted by Gasteiger charge is -2.28. The Morgan fingerprint density at radius 2 is 2.27 bits per heavy atom. The zero-order valence-electron chi connectivity index (χ0n) is 9.71. The first-order chi connectivity index (χ1) is 7.08. The van der Waals surface area contributed by atoms with Crippen LogP contribution in [0.15, 0.2) is 0 Å². The van der Waals surface area contributed by atoms with Gasteiger partial charge in [-0.25, -0.2) is 0 Å². The van der Waals surface area contributed by atoms with E-state index in [1.807, 2.05) is 6.92 Å². The van der Waals surface area contributed by atoms with Crippen LogP contribution in [0.4, 0.5) is 0 Å². The van der Waals surface area contributed by atoms with Gasteiger partial charge in [-0.15, -0.1) is 0 Å². The molecular formula is C11H22N2O2. The number of primary amides is 1. The Hall–Kier alpha value is -0.610. The van der Waals surface area contributed by atoms with Crippen LogP contribution in [0.2, 0.25) is 0 Å². The number of carbonyl (C=O) groups excluding carboxylic acids is 1. The number of hydrogen-bond donors (Lipinski definition) is 2. The van der Waals surface area contributed by atoms with Crippen LogP contribution in [-0.4, -0.2) is 31.2 Å². The first kappa shape index (κ1) is 12.5. The maximum absolute atomic E-state index is 11.2. The van der Waals surface area contributed by atoms with Crippen LogP contribution in [0, 0.1) is 0 Å². The minimum atomic E-state index is -0.594. The van der Waals surface area contributed by atoms with Crippen LogP contribution in [0.5, 0.6) is 0 Å². The van der Waals surface area contributed by atoms with E-state index in [1.165, 1.54) is 19.3 Å². The number of amides is 1. The highest BCUT2D eigenvalue weighted by molar-refractivity contribution is 5.84. The van der Waals surface area contributed by atoms with Gasteiger partial charge in [-0.05, 0) is 46.1 Å². The van der Waals surface area contributed by atoms with E-state index >= 15 is 0 Å². The Bertz CT molecular complexity index is 217. The number of likely N-dealkylation sites (N-methyl/N-ethyl adjacent to an activating group) is 1. The summed E-state index contributed by atoms with van der Waals surface area (Å²) in [5.41, 5.74) is 4.72. The second kappa shape index (κ2) is 5.47. The summed E-state index contributed by atoms with van der Waals surface area (Å²) in [7, 11) is 1.76. The molecule has 4 heteroatoms. The highest BCUT2D eigenvalue weighted by atomic mass is 16.5. The molecule has 1 aliphatic carbocycles. The smallest absolute Gasteiger partial charge is 0.237 e. The molecule has 0 heterocycles. The Labute approximate surface area is 91.5 Å². The van der Waals surface area contributed by atoms with E-state index in [1.54, 1.807) is 7.05 Å². The Kier molecular flexibility index (Phi) is 4.54. The SMILES string of the molecule is CNC(C)(CCCOC1CCC1)C(N)=O. The lowest BCUT2D eigenvalue weighted by molar-refractivity contribution is -0.124. The Balaban J connectivity index is 2.13. The predicted molar refractivity (Wildman–Crippen MR) is 59.5 cm³/mol. The lowest BCUT2D eigenvalue weighted by Crippen LogP contribution is -2.51. The van der Waals surface area contributed by atoms with Gasteiger partial charge in [-0.3, -0.25) is 4.79 Å². The van der Waals surface area contributed by atoms with Crippen LogP contribution in [-0.2, 0) is 9.53 Å². The molecule has 0 aromatic rings. The third-order valence-corrected chi connectivity index (χ3v) is 3.32. The summed E-state index contributed by atoms with van der Waals surface area (Å²) in [6.45, 7) is 2.56. The van der Waals surface area contributed by atoms with Crippen molar-refractivity contribution in [1.29, 1.82) is 0 Å². The zero-order valence-corrected chi connectivity index (χ0v) is 9.71. The maximum atomic E-state index is 11.2. The van der Waals surface area contributed by atoms with E-state index in [9.17, 15) is 4.79 Å².